The van der Waals surface area contributed by atoms with Crippen LogP contribution in [-0.4, -0.2) is 43.3 Å². The molecule has 0 radical (unpaired) electrons. The van der Waals surface area contributed by atoms with E-state index in [1.807, 2.05) is 18.2 Å². The Kier molecular flexibility index (Phi) is 6.25. The summed E-state index contributed by atoms with van der Waals surface area (Å²) in [5, 5.41) is 9.57. The smallest absolute Gasteiger partial charge is 0.307 e. The van der Waals surface area contributed by atoms with Gasteiger partial charge in [-0.3, -0.25) is 9.69 Å². The van der Waals surface area contributed by atoms with E-state index in [0.29, 0.717) is 6.54 Å². The van der Waals surface area contributed by atoms with Crippen LogP contribution in [0, 0.1) is 19.8 Å². The van der Waals surface area contributed by atoms with Gasteiger partial charge < -0.3 is 14.6 Å². The maximum absolute atomic E-state index is 11.6. The maximum Gasteiger partial charge on any atom is 0.307 e. The summed E-state index contributed by atoms with van der Waals surface area (Å²) in [6.45, 7) is 5.59. The van der Waals surface area contributed by atoms with Crippen LogP contribution < -0.4 is 9.47 Å². The molecule has 0 aliphatic carbocycles. The number of likely N-dealkylation sites (tertiary alicyclic amines) is 1. The first kappa shape index (κ1) is 20.2. The highest BCUT2D eigenvalue weighted by molar-refractivity contribution is 5.70. The molecular formula is C23H29NO4. The van der Waals surface area contributed by atoms with Crippen LogP contribution >= 0.6 is 0 Å². The Morgan fingerprint density at radius 2 is 1.86 bits per heavy atom. The zero-order valence-corrected chi connectivity index (χ0v) is 17.1. The molecule has 3 rings (SSSR count). The van der Waals surface area contributed by atoms with Crippen LogP contribution in [0.25, 0.3) is 0 Å². The van der Waals surface area contributed by atoms with Crippen molar-refractivity contribution in [3.8, 4) is 11.5 Å². The third kappa shape index (κ3) is 4.14. The molecule has 0 bridgehead atoms. The summed E-state index contributed by atoms with van der Waals surface area (Å²) in [7, 11) is 3.30. The van der Waals surface area contributed by atoms with Crippen molar-refractivity contribution in [2.45, 2.75) is 32.7 Å². The Morgan fingerprint density at radius 3 is 2.50 bits per heavy atom. The molecule has 1 aliphatic heterocycles. The molecule has 1 saturated heterocycles. The van der Waals surface area contributed by atoms with Gasteiger partial charge in [-0.1, -0.05) is 23.8 Å². The van der Waals surface area contributed by atoms with E-state index < -0.39 is 5.97 Å². The zero-order chi connectivity index (χ0) is 20.3. The number of carboxylic acids is 1. The number of piperidine rings is 1. The van der Waals surface area contributed by atoms with Crippen LogP contribution in [0.1, 0.15) is 41.1 Å². The van der Waals surface area contributed by atoms with Gasteiger partial charge >= 0.3 is 5.97 Å². The van der Waals surface area contributed by atoms with E-state index in [-0.39, 0.29) is 12.0 Å². The summed E-state index contributed by atoms with van der Waals surface area (Å²) < 4.78 is 11.1. The van der Waals surface area contributed by atoms with Crippen LogP contribution in [0.3, 0.4) is 0 Å². The van der Waals surface area contributed by atoms with Crippen molar-refractivity contribution in [2.24, 2.45) is 5.92 Å². The summed E-state index contributed by atoms with van der Waals surface area (Å²) in [6, 6.07) is 12.2. The highest BCUT2D eigenvalue weighted by atomic mass is 16.5. The third-order valence-electron chi connectivity index (χ3n) is 5.62. The molecule has 150 valence electrons. The number of ether oxygens (including phenoxy) is 2. The third-order valence-corrected chi connectivity index (χ3v) is 5.62. The zero-order valence-electron chi connectivity index (χ0n) is 17.1. The van der Waals surface area contributed by atoms with Crippen molar-refractivity contribution < 1.29 is 19.4 Å². The van der Waals surface area contributed by atoms with Crippen LogP contribution in [0.15, 0.2) is 36.4 Å². The summed E-state index contributed by atoms with van der Waals surface area (Å²) in [5.41, 5.74) is 4.62. The van der Waals surface area contributed by atoms with Gasteiger partial charge in [0, 0.05) is 18.2 Å². The van der Waals surface area contributed by atoms with Crippen molar-refractivity contribution in [3.63, 3.8) is 0 Å². The van der Waals surface area contributed by atoms with Gasteiger partial charge in [0.15, 0.2) is 0 Å². The lowest BCUT2D eigenvalue weighted by molar-refractivity contribution is -0.143. The minimum absolute atomic E-state index is 0.0661. The number of hydrogen-bond acceptors (Lipinski definition) is 4. The number of carbonyl (C=O) groups is 1. The minimum Gasteiger partial charge on any atom is -0.497 e. The first-order valence-corrected chi connectivity index (χ1v) is 9.70. The van der Waals surface area contributed by atoms with Gasteiger partial charge in [0.05, 0.1) is 26.2 Å². The van der Waals surface area contributed by atoms with Crippen molar-refractivity contribution in [3.05, 3.63) is 58.7 Å². The van der Waals surface area contributed by atoms with E-state index in [1.165, 1.54) is 16.7 Å². The fraction of sp³-hybridized carbons (Fsp3) is 0.435. The van der Waals surface area contributed by atoms with Crippen LogP contribution in [-0.2, 0) is 4.79 Å². The molecule has 2 atom stereocenters. The minimum atomic E-state index is -0.717. The molecule has 2 unspecified atom stereocenters. The van der Waals surface area contributed by atoms with Gasteiger partial charge in [0.2, 0.25) is 0 Å². The molecule has 1 aliphatic rings. The molecule has 0 saturated carbocycles. The monoisotopic (exact) mass is 383 g/mol. The van der Waals surface area contributed by atoms with Crippen LogP contribution in [0.2, 0.25) is 0 Å². The van der Waals surface area contributed by atoms with Gasteiger partial charge in [0.25, 0.3) is 0 Å². The lowest BCUT2D eigenvalue weighted by atomic mass is 9.88. The number of hydrogen-bond donors (Lipinski definition) is 1. The fourth-order valence-corrected chi connectivity index (χ4v) is 4.18. The number of rotatable bonds is 6. The van der Waals surface area contributed by atoms with Gasteiger partial charge in [-0.05, 0) is 56.5 Å². The van der Waals surface area contributed by atoms with E-state index in [1.54, 1.807) is 14.2 Å². The Bertz CT molecular complexity index is 848. The lowest BCUT2D eigenvalue weighted by Gasteiger charge is -2.38. The number of aliphatic carboxylic acids is 1. The van der Waals surface area contributed by atoms with Crippen LogP contribution in [0.4, 0.5) is 0 Å². The summed E-state index contributed by atoms with van der Waals surface area (Å²) in [4.78, 5) is 13.9. The van der Waals surface area contributed by atoms with Gasteiger partial charge in [0.1, 0.15) is 11.5 Å². The average molecular weight is 383 g/mol. The molecule has 5 heteroatoms. The van der Waals surface area contributed by atoms with Crippen LogP contribution in [0.5, 0.6) is 11.5 Å². The molecular weight excluding hydrogens is 354 g/mol. The number of benzene rings is 2. The Hall–Kier alpha value is -2.53. The Balaban J connectivity index is 2.11. The maximum atomic E-state index is 11.6. The molecule has 1 N–H and O–H groups in total. The molecule has 0 spiro atoms. The SMILES string of the molecule is COc1ccc(C(c2ccc(C)cc2C)N2CCCC(C(=O)O)C2)c(OC)c1. The molecule has 0 amide bonds. The van der Waals surface area contributed by atoms with Gasteiger partial charge in [-0.2, -0.15) is 0 Å². The first-order chi connectivity index (χ1) is 13.4. The lowest BCUT2D eigenvalue weighted by Crippen LogP contribution is -2.41. The molecule has 2 aromatic rings. The standard InChI is InChI=1S/C23H29NO4/c1-15-7-9-19(16(2)12-15)22(24-11-5-6-17(14-24)23(25)26)20-10-8-18(27-3)13-21(20)28-4/h7-10,12-13,17,22H,5-6,11,14H2,1-4H3,(H,25,26). The first-order valence-electron chi connectivity index (χ1n) is 9.70. The molecule has 1 fully saturated rings. The van der Waals surface area contributed by atoms with E-state index >= 15 is 0 Å². The second-order valence-corrected chi connectivity index (χ2v) is 7.54. The summed E-state index contributed by atoms with van der Waals surface area (Å²) in [6.07, 6.45) is 1.60. The molecule has 5 nitrogen and oxygen atoms in total. The largest absolute Gasteiger partial charge is 0.497 e. The van der Waals surface area contributed by atoms with E-state index in [2.05, 4.69) is 36.9 Å². The van der Waals surface area contributed by atoms with E-state index in [4.69, 9.17) is 9.47 Å². The Morgan fingerprint density at radius 1 is 1.11 bits per heavy atom. The van der Waals surface area contributed by atoms with Gasteiger partial charge in [-0.25, -0.2) is 0 Å². The molecule has 2 aromatic carbocycles. The van der Waals surface area contributed by atoms with Crippen molar-refractivity contribution >= 4 is 5.97 Å². The number of carboxylic acid groups (broad SMARTS) is 1. The van der Waals surface area contributed by atoms with Crippen molar-refractivity contribution in [1.82, 2.24) is 4.90 Å². The topological polar surface area (TPSA) is 59.0 Å². The fourth-order valence-electron chi connectivity index (χ4n) is 4.18. The second-order valence-electron chi connectivity index (χ2n) is 7.54. The summed E-state index contributed by atoms with van der Waals surface area (Å²) >= 11 is 0. The summed E-state index contributed by atoms with van der Waals surface area (Å²) in [5.74, 6) is 0.431. The predicted molar refractivity (Wildman–Crippen MR) is 109 cm³/mol. The Labute approximate surface area is 166 Å². The normalized spacial score (nSPS) is 18.5. The highest BCUT2D eigenvalue weighted by Crippen LogP contribution is 2.40. The number of aryl methyl sites for hydroxylation is 2. The highest BCUT2D eigenvalue weighted by Gasteiger charge is 2.33. The van der Waals surface area contributed by atoms with Gasteiger partial charge in [-0.15, -0.1) is 0 Å². The number of methoxy groups -OCH3 is 2. The second kappa shape index (κ2) is 8.65. The molecule has 1 heterocycles. The average Bonchev–Trinajstić information content (AvgIpc) is 2.70. The molecule has 0 aromatic heterocycles. The van der Waals surface area contributed by atoms with E-state index in [9.17, 15) is 9.90 Å². The van der Waals surface area contributed by atoms with E-state index in [0.717, 1.165) is 36.4 Å². The van der Waals surface area contributed by atoms with Crippen molar-refractivity contribution in [1.29, 1.82) is 0 Å². The quantitative estimate of drug-likeness (QED) is 0.810. The van der Waals surface area contributed by atoms with Crippen molar-refractivity contribution in [2.75, 3.05) is 27.3 Å². The number of nitrogens with zero attached hydrogens (tertiary/aromatic N) is 1. The predicted octanol–water partition coefficient (Wildman–Crippen LogP) is 4.21. The molecule has 28 heavy (non-hydrogen) atoms.